The maximum Gasteiger partial charge on any atom is 0.116 e. The van der Waals surface area contributed by atoms with E-state index in [-0.39, 0.29) is 18.4 Å². The molecule has 0 saturated carbocycles. The molecule has 2 aromatic rings. The molecule has 0 fully saturated rings. The summed E-state index contributed by atoms with van der Waals surface area (Å²) in [5.41, 5.74) is 1.19. The Balaban J connectivity index is 0.00000242. The minimum Gasteiger partial charge on any atom is -0.378 e. The Morgan fingerprint density at radius 3 is 2.68 bits per heavy atom. The van der Waals surface area contributed by atoms with Crippen molar-refractivity contribution in [1.82, 2.24) is 5.32 Å². The number of aliphatic hydroxyl groups excluding tert-OH is 1. The molecule has 0 aromatic heterocycles. The highest BCUT2D eigenvalue weighted by molar-refractivity contribution is 5.86. The SMILES string of the molecule is CC=CC#CC[C@@H](O)NC(C)c1cccc2ccccc12.Cl. The summed E-state index contributed by atoms with van der Waals surface area (Å²) in [4.78, 5) is 0. The van der Waals surface area contributed by atoms with Gasteiger partial charge in [-0.2, -0.15) is 0 Å². The van der Waals surface area contributed by atoms with Crippen molar-refractivity contribution in [3.05, 3.63) is 60.2 Å². The molecular weight excluding hydrogens is 294 g/mol. The van der Waals surface area contributed by atoms with Crippen LogP contribution in [0.2, 0.25) is 0 Å². The quantitative estimate of drug-likeness (QED) is 0.654. The van der Waals surface area contributed by atoms with Gasteiger partial charge in [0.15, 0.2) is 0 Å². The molecule has 1 unspecified atom stereocenters. The van der Waals surface area contributed by atoms with E-state index < -0.39 is 6.23 Å². The first-order valence-corrected chi connectivity index (χ1v) is 7.23. The molecule has 2 nitrogen and oxygen atoms in total. The maximum absolute atomic E-state index is 10.0. The van der Waals surface area contributed by atoms with E-state index in [0.29, 0.717) is 6.42 Å². The van der Waals surface area contributed by atoms with Gasteiger partial charge in [-0.05, 0) is 36.3 Å². The van der Waals surface area contributed by atoms with Crippen molar-refractivity contribution < 1.29 is 5.11 Å². The van der Waals surface area contributed by atoms with E-state index in [0.717, 1.165) is 0 Å². The molecule has 0 aliphatic heterocycles. The van der Waals surface area contributed by atoms with Crippen molar-refractivity contribution in [2.24, 2.45) is 0 Å². The largest absolute Gasteiger partial charge is 0.378 e. The van der Waals surface area contributed by atoms with Crippen molar-refractivity contribution in [3.8, 4) is 11.8 Å². The highest BCUT2D eigenvalue weighted by Crippen LogP contribution is 2.24. The summed E-state index contributed by atoms with van der Waals surface area (Å²) in [5.74, 6) is 5.81. The van der Waals surface area contributed by atoms with Crippen LogP contribution in [0.3, 0.4) is 0 Å². The van der Waals surface area contributed by atoms with E-state index in [1.807, 2.05) is 31.2 Å². The van der Waals surface area contributed by atoms with Crippen molar-refractivity contribution in [3.63, 3.8) is 0 Å². The van der Waals surface area contributed by atoms with Crippen molar-refractivity contribution in [2.75, 3.05) is 0 Å². The second kappa shape index (κ2) is 9.27. The van der Waals surface area contributed by atoms with E-state index in [1.165, 1.54) is 16.3 Å². The molecule has 0 aliphatic rings. The number of nitrogens with one attached hydrogen (secondary N) is 1. The molecule has 2 aromatic carbocycles. The topological polar surface area (TPSA) is 32.3 Å². The lowest BCUT2D eigenvalue weighted by atomic mass is 9.99. The Labute approximate surface area is 138 Å². The molecule has 116 valence electrons. The molecule has 0 spiro atoms. The molecule has 3 heteroatoms. The third-order valence-electron chi connectivity index (χ3n) is 3.38. The second-order valence-corrected chi connectivity index (χ2v) is 5.00. The maximum atomic E-state index is 10.0. The van der Waals surface area contributed by atoms with Gasteiger partial charge in [0, 0.05) is 12.5 Å². The molecule has 0 radical (unpaired) electrons. The number of allylic oxidation sites excluding steroid dienone is 2. The van der Waals surface area contributed by atoms with Crippen LogP contribution in [0, 0.1) is 11.8 Å². The number of fused-ring (bicyclic) bond motifs is 1. The molecule has 0 amide bonds. The Morgan fingerprint density at radius 1 is 1.18 bits per heavy atom. The van der Waals surface area contributed by atoms with E-state index in [1.54, 1.807) is 6.08 Å². The van der Waals surface area contributed by atoms with Gasteiger partial charge in [0.2, 0.25) is 0 Å². The summed E-state index contributed by atoms with van der Waals surface area (Å²) in [7, 11) is 0. The zero-order valence-electron chi connectivity index (χ0n) is 12.9. The van der Waals surface area contributed by atoms with Crippen LogP contribution in [0.1, 0.15) is 31.9 Å². The van der Waals surface area contributed by atoms with Gasteiger partial charge in [0.25, 0.3) is 0 Å². The molecule has 0 aliphatic carbocycles. The first kappa shape index (κ1) is 18.3. The van der Waals surface area contributed by atoms with Crippen LogP contribution in [0.4, 0.5) is 0 Å². The summed E-state index contributed by atoms with van der Waals surface area (Å²) >= 11 is 0. The number of hydrogen-bond donors (Lipinski definition) is 2. The van der Waals surface area contributed by atoms with Crippen LogP contribution < -0.4 is 5.32 Å². The average molecular weight is 316 g/mol. The Kier molecular flexibility index (Phi) is 7.70. The fraction of sp³-hybridized carbons (Fsp3) is 0.263. The Morgan fingerprint density at radius 2 is 1.91 bits per heavy atom. The van der Waals surface area contributed by atoms with Crippen LogP contribution in [0.15, 0.2) is 54.6 Å². The summed E-state index contributed by atoms with van der Waals surface area (Å²) in [5, 5.41) is 15.6. The fourth-order valence-corrected chi connectivity index (χ4v) is 2.36. The van der Waals surface area contributed by atoms with Gasteiger partial charge in [0.05, 0.1) is 0 Å². The highest BCUT2D eigenvalue weighted by Gasteiger charge is 2.12. The zero-order chi connectivity index (χ0) is 15.1. The molecule has 22 heavy (non-hydrogen) atoms. The summed E-state index contributed by atoms with van der Waals surface area (Å²) in [6.45, 7) is 3.98. The van der Waals surface area contributed by atoms with E-state index in [2.05, 4.69) is 48.3 Å². The lowest BCUT2D eigenvalue weighted by molar-refractivity contribution is 0.130. The third kappa shape index (κ3) is 4.89. The average Bonchev–Trinajstić information content (AvgIpc) is 2.51. The predicted octanol–water partition coefficient (Wildman–Crippen LogP) is 4.20. The van der Waals surface area contributed by atoms with Gasteiger partial charge >= 0.3 is 0 Å². The third-order valence-corrected chi connectivity index (χ3v) is 3.38. The van der Waals surface area contributed by atoms with Gasteiger partial charge in [-0.1, -0.05) is 60.4 Å². The van der Waals surface area contributed by atoms with Crippen LogP contribution >= 0.6 is 12.4 Å². The van der Waals surface area contributed by atoms with Crippen LogP contribution in [-0.2, 0) is 0 Å². The summed E-state index contributed by atoms with van der Waals surface area (Å²) in [6.07, 6.45) is 3.45. The monoisotopic (exact) mass is 315 g/mol. The van der Waals surface area contributed by atoms with Crippen LogP contribution in [0.5, 0.6) is 0 Å². The number of aliphatic hydroxyl groups is 1. The number of halogens is 1. The van der Waals surface area contributed by atoms with Gasteiger partial charge in [-0.25, -0.2) is 0 Å². The summed E-state index contributed by atoms with van der Waals surface area (Å²) < 4.78 is 0. The minimum absolute atomic E-state index is 0. The highest BCUT2D eigenvalue weighted by atomic mass is 35.5. The van der Waals surface area contributed by atoms with Gasteiger partial charge in [-0.3, -0.25) is 5.32 Å². The second-order valence-electron chi connectivity index (χ2n) is 5.00. The van der Waals surface area contributed by atoms with E-state index in [9.17, 15) is 5.11 Å². The lowest BCUT2D eigenvalue weighted by Crippen LogP contribution is -2.30. The molecule has 0 saturated heterocycles. The number of benzene rings is 2. The Hall–Kier alpha value is -1.79. The number of hydrogen-bond acceptors (Lipinski definition) is 2. The molecule has 2 rings (SSSR count). The number of rotatable bonds is 4. The zero-order valence-corrected chi connectivity index (χ0v) is 13.7. The van der Waals surface area contributed by atoms with Crippen LogP contribution in [0.25, 0.3) is 10.8 Å². The van der Waals surface area contributed by atoms with E-state index in [4.69, 9.17) is 0 Å². The lowest BCUT2D eigenvalue weighted by Gasteiger charge is -2.19. The summed E-state index contributed by atoms with van der Waals surface area (Å²) in [6, 6.07) is 14.6. The standard InChI is InChI=1S/C19H21NO.ClH/c1-3-4-5-6-14-19(21)20-15(2)17-13-9-11-16-10-7-8-12-18(16)17;/h3-4,7-13,15,19-21H,14H2,1-2H3;1H/t15?,19-;/m1./s1. The minimum atomic E-state index is -0.628. The fourth-order valence-electron chi connectivity index (χ4n) is 2.36. The van der Waals surface area contributed by atoms with Gasteiger partial charge in [-0.15, -0.1) is 12.4 Å². The van der Waals surface area contributed by atoms with E-state index >= 15 is 0 Å². The smallest absolute Gasteiger partial charge is 0.116 e. The first-order valence-electron chi connectivity index (χ1n) is 7.23. The normalized spacial score (nSPS) is 13.2. The van der Waals surface area contributed by atoms with Crippen LogP contribution in [-0.4, -0.2) is 11.3 Å². The molecule has 0 bridgehead atoms. The molecule has 2 N–H and O–H groups in total. The van der Waals surface area contributed by atoms with Gasteiger partial charge < -0.3 is 5.11 Å². The van der Waals surface area contributed by atoms with Gasteiger partial charge in [0.1, 0.15) is 6.23 Å². The Bertz CT molecular complexity index is 679. The van der Waals surface area contributed by atoms with Crippen molar-refractivity contribution in [1.29, 1.82) is 0 Å². The predicted molar refractivity (Wildman–Crippen MR) is 96.0 cm³/mol. The van der Waals surface area contributed by atoms with Crippen molar-refractivity contribution in [2.45, 2.75) is 32.5 Å². The van der Waals surface area contributed by atoms with Crippen molar-refractivity contribution >= 4 is 23.2 Å². The first-order chi connectivity index (χ1) is 10.2. The molecule has 2 atom stereocenters. The molecule has 0 heterocycles. The molecular formula is C19H22ClNO.